The third-order valence-corrected chi connectivity index (χ3v) is 9.26. The van der Waals surface area contributed by atoms with Crippen molar-refractivity contribution >= 4 is 28.6 Å². The number of ether oxygens (including phenoxy) is 2. The van der Waals surface area contributed by atoms with Crippen LogP contribution in [0.5, 0.6) is 11.5 Å². The molecule has 3 N–H and O–H groups in total. The first kappa shape index (κ1) is 29.8. The zero-order chi connectivity index (χ0) is 31.0. The van der Waals surface area contributed by atoms with Crippen molar-refractivity contribution in [3.63, 3.8) is 0 Å². The molecule has 2 heterocycles. The Morgan fingerprint density at radius 3 is 2.66 bits per heavy atom. The molecule has 3 fully saturated rings. The average Bonchev–Trinajstić information content (AvgIpc) is 3.37. The summed E-state index contributed by atoms with van der Waals surface area (Å²) in [7, 11) is 1.59. The van der Waals surface area contributed by atoms with Crippen molar-refractivity contribution in [2.24, 2.45) is 5.41 Å². The number of nitrogens with zero attached hydrogens (tertiary/aromatic N) is 2. The Labute approximate surface area is 254 Å². The van der Waals surface area contributed by atoms with E-state index >= 15 is 0 Å². The smallest absolute Gasteiger partial charge is 0.270 e. The molecule has 3 aliphatic rings. The van der Waals surface area contributed by atoms with E-state index in [1.807, 2.05) is 25.1 Å². The van der Waals surface area contributed by atoms with Crippen LogP contribution in [0.1, 0.15) is 67.5 Å². The van der Waals surface area contributed by atoms with Crippen LogP contribution >= 0.6 is 0 Å². The molecule has 2 aromatic carbocycles. The summed E-state index contributed by atoms with van der Waals surface area (Å²) in [6.07, 6.45) is 5.22. The monoisotopic (exact) mass is 604 g/mol. The molecule has 6 rings (SSSR count). The van der Waals surface area contributed by atoms with Gasteiger partial charge in [-0.2, -0.15) is 0 Å². The number of amides is 3. The van der Waals surface area contributed by atoms with Crippen LogP contribution in [0, 0.1) is 11.2 Å². The number of hydrogen-bond donors (Lipinski definition) is 3. The molecule has 0 radical (unpaired) electrons. The number of hydrogen-bond acceptors (Lipinski definition) is 7. The number of nitrogens with one attached hydrogen (secondary N) is 2. The van der Waals surface area contributed by atoms with Crippen LogP contribution in [0.4, 0.5) is 4.39 Å². The van der Waals surface area contributed by atoms with Crippen LogP contribution in [0.3, 0.4) is 0 Å². The first-order valence-electron chi connectivity index (χ1n) is 15.1. The SMILES string of the molecule is COc1ccc([C@@H](C)NC(=O)[C@@H]2C[C@@H](O)CN2C(=O)CNC(=O)c2ccc3cc(F)ccc3n2)c(OC2CC3(CCC3)C2)c1. The Morgan fingerprint density at radius 1 is 1.14 bits per heavy atom. The van der Waals surface area contributed by atoms with Gasteiger partial charge in [0.2, 0.25) is 11.8 Å². The van der Waals surface area contributed by atoms with Gasteiger partial charge in [0.05, 0.1) is 37.4 Å². The minimum atomic E-state index is -0.904. The summed E-state index contributed by atoms with van der Waals surface area (Å²) >= 11 is 0. The predicted molar refractivity (Wildman–Crippen MR) is 160 cm³/mol. The topological polar surface area (TPSA) is 130 Å². The number of benzene rings is 2. The van der Waals surface area contributed by atoms with E-state index in [4.69, 9.17) is 9.47 Å². The molecule has 1 aromatic heterocycles. The Kier molecular flexibility index (Phi) is 8.15. The zero-order valence-electron chi connectivity index (χ0n) is 24.8. The fourth-order valence-electron chi connectivity index (χ4n) is 6.65. The standard InChI is InChI=1S/C33H37FN4O6/c1-19(25-7-6-23(43-2)14-29(25)44-24-15-33(16-24)10-3-11-33)36-32(42)28-13-22(39)18-38(28)30(40)17-35-31(41)27-8-4-20-12-21(34)5-9-26(20)37-27/h4-9,12,14,19,22,24,28,39H,3,10-11,13,15-18H2,1-2H3,(H,35,41)(H,36,42)/t19-,22-,28+/m1/s1. The van der Waals surface area contributed by atoms with Gasteiger partial charge in [0, 0.05) is 30.0 Å². The molecule has 3 atom stereocenters. The maximum Gasteiger partial charge on any atom is 0.270 e. The fourth-order valence-corrected chi connectivity index (χ4v) is 6.65. The number of methoxy groups -OCH3 is 1. The minimum absolute atomic E-state index is 0.0265. The summed E-state index contributed by atoms with van der Waals surface area (Å²) in [5, 5.41) is 16.4. The lowest BCUT2D eigenvalue weighted by Crippen LogP contribution is -2.49. The molecule has 1 saturated heterocycles. The van der Waals surface area contributed by atoms with E-state index in [1.54, 1.807) is 13.2 Å². The summed E-state index contributed by atoms with van der Waals surface area (Å²) in [4.78, 5) is 44.8. The third kappa shape index (κ3) is 6.06. The number of pyridine rings is 1. The van der Waals surface area contributed by atoms with Crippen LogP contribution in [-0.4, -0.2) is 71.2 Å². The number of β-amino-alcohol motifs (C(OH)–C–C–N with tert-alkyl or cyclic N) is 1. The first-order valence-corrected chi connectivity index (χ1v) is 15.1. The van der Waals surface area contributed by atoms with E-state index in [0.717, 1.165) is 18.4 Å². The molecule has 2 aliphatic carbocycles. The predicted octanol–water partition coefficient (Wildman–Crippen LogP) is 3.66. The Balaban J connectivity index is 1.08. The lowest BCUT2D eigenvalue weighted by molar-refractivity contribution is -0.138. The number of rotatable bonds is 9. The van der Waals surface area contributed by atoms with E-state index in [9.17, 15) is 23.9 Å². The summed E-state index contributed by atoms with van der Waals surface area (Å²) in [6, 6.07) is 11.3. The van der Waals surface area contributed by atoms with E-state index < -0.39 is 41.7 Å². The van der Waals surface area contributed by atoms with Crippen molar-refractivity contribution in [2.75, 3.05) is 20.2 Å². The number of aromatic nitrogens is 1. The van der Waals surface area contributed by atoms with Gasteiger partial charge in [-0.05, 0) is 74.4 Å². The van der Waals surface area contributed by atoms with Crippen molar-refractivity contribution in [3.05, 3.63) is 65.6 Å². The van der Waals surface area contributed by atoms with Crippen LogP contribution < -0.4 is 20.1 Å². The lowest BCUT2D eigenvalue weighted by Gasteiger charge is -2.53. The highest BCUT2D eigenvalue weighted by Gasteiger charge is 2.49. The molecule has 44 heavy (non-hydrogen) atoms. The molecule has 1 aliphatic heterocycles. The fraction of sp³-hybridized carbons (Fsp3) is 0.455. The summed E-state index contributed by atoms with van der Waals surface area (Å²) in [6.45, 7) is 1.44. The second-order valence-corrected chi connectivity index (χ2v) is 12.3. The summed E-state index contributed by atoms with van der Waals surface area (Å²) in [5.41, 5.74) is 1.76. The Hall–Kier alpha value is -4.25. The third-order valence-electron chi connectivity index (χ3n) is 9.26. The van der Waals surface area contributed by atoms with Gasteiger partial charge in [0.25, 0.3) is 5.91 Å². The molecule has 0 unspecified atom stereocenters. The van der Waals surface area contributed by atoms with Gasteiger partial charge in [-0.15, -0.1) is 0 Å². The van der Waals surface area contributed by atoms with Gasteiger partial charge in [0.15, 0.2) is 0 Å². The van der Waals surface area contributed by atoms with Gasteiger partial charge < -0.3 is 30.1 Å². The molecule has 3 aromatic rings. The molecular formula is C33H37FN4O6. The molecule has 1 spiro atoms. The van der Waals surface area contributed by atoms with E-state index in [-0.39, 0.29) is 31.3 Å². The minimum Gasteiger partial charge on any atom is -0.497 e. The van der Waals surface area contributed by atoms with Gasteiger partial charge in [-0.3, -0.25) is 14.4 Å². The summed E-state index contributed by atoms with van der Waals surface area (Å²) in [5.74, 6) is -0.585. The maximum absolute atomic E-state index is 13.5. The van der Waals surface area contributed by atoms with Crippen molar-refractivity contribution in [1.82, 2.24) is 20.5 Å². The first-order chi connectivity index (χ1) is 21.1. The number of carbonyl (C=O) groups is 3. The number of aliphatic hydroxyl groups excluding tert-OH is 1. The normalized spacial score (nSPS) is 21.3. The lowest BCUT2D eigenvalue weighted by atomic mass is 9.55. The van der Waals surface area contributed by atoms with Gasteiger partial charge >= 0.3 is 0 Å². The van der Waals surface area contributed by atoms with Crippen LogP contribution in [-0.2, 0) is 9.59 Å². The van der Waals surface area contributed by atoms with Crippen molar-refractivity contribution < 1.29 is 33.4 Å². The van der Waals surface area contributed by atoms with Gasteiger partial charge in [-0.25, -0.2) is 9.37 Å². The van der Waals surface area contributed by atoms with E-state index in [2.05, 4.69) is 15.6 Å². The number of likely N-dealkylation sites (tertiary alicyclic amines) is 1. The highest BCUT2D eigenvalue weighted by Crippen LogP contribution is 2.57. The molecule has 0 bridgehead atoms. The van der Waals surface area contributed by atoms with Crippen LogP contribution in [0.2, 0.25) is 0 Å². The molecule has 3 amide bonds. The van der Waals surface area contributed by atoms with Crippen molar-refractivity contribution in [3.8, 4) is 11.5 Å². The number of carbonyl (C=O) groups excluding carboxylic acids is 3. The summed E-state index contributed by atoms with van der Waals surface area (Å²) < 4.78 is 25.3. The molecule has 10 nitrogen and oxygen atoms in total. The average molecular weight is 605 g/mol. The second kappa shape index (κ2) is 12.0. The number of fused-ring (bicyclic) bond motifs is 1. The van der Waals surface area contributed by atoms with Crippen molar-refractivity contribution in [2.45, 2.75) is 69.7 Å². The largest absolute Gasteiger partial charge is 0.497 e. The van der Waals surface area contributed by atoms with E-state index in [1.165, 1.54) is 48.4 Å². The second-order valence-electron chi connectivity index (χ2n) is 12.3. The van der Waals surface area contributed by atoms with Gasteiger partial charge in [0.1, 0.15) is 29.1 Å². The molecular weight excluding hydrogens is 567 g/mol. The Bertz CT molecular complexity index is 1590. The van der Waals surface area contributed by atoms with Crippen LogP contribution in [0.25, 0.3) is 10.9 Å². The van der Waals surface area contributed by atoms with Gasteiger partial charge in [-0.1, -0.05) is 12.5 Å². The zero-order valence-corrected chi connectivity index (χ0v) is 24.8. The molecule has 232 valence electrons. The number of halogens is 1. The van der Waals surface area contributed by atoms with Crippen LogP contribution in [0.15, 0.2) is 48.5 Å². The van der Waals surface area contributed by atoms with Crippen molar-refractivity contribution in [1.29, 1.82) is 0 Å². The quantitative estimate of drug-likeness (QED) is 0.340. The highest BCUT2D eigenvalue weighted by molar-refractivity contribution is 5.97. The highest BCUT2D eigenvalue weighted by atomic mass is 19.1. The molecule has 2 saturated carbocycles. The maximum atomic E-state index is 13.5. The Morgan fingerprint density at radius 2 is 1.93 bits per heavy atom. The number of aliphatic hydroxyl groups is 1. The van der Waals surface area contributed by atoms with E-state index in [0.29, 0.717) is 27.8 Å². The molecule has 11 heteroatoms.